The van der Waals surface area contributed by atoms with E-state index in [2.05, 4.69) is 10.1 Å². The van der Waals surface area contributed by atoms with Gasteiger partial charge in [0.2, 0.25) is 0 Å². The molecule has 23 heavy (non-hydrogen) atoms. The first-order chi connectivity index (χ1) is 11.2. The zero-order valence-electron chi connectivity index (χ0n) is 13.1. The van der Waals surface area contributed by atoms with Gasteiger partial charge in [-0.25, -0.2) is 9.50 Å². The van der Waals surface area contributed by atoms with Crippen LogP contribution in [0.15, 0.2) is 48.8 Å². The molecule has 0 fully saturated rings. The number of carbonyl (C=O) groups excluding carboxylic acids is 1. The van der Waals surface area contributed by atoms with E-state index in [4.69, 9.17) is 4.74 Å². The first-order valence-corrected chi connectivity index (χ1v) is 7.40. The third kappa shape index (κ3) is 3.15. The first-order valence-electron chi connectivity index (χ1n) is 7.40. The number of hydrogen-bond acceptors (Lipinski definition) is 4. The number of nitrogens with zero attached hydrogens (tertiary/aromatic N) is 4. The van der Waals surface area contributed by atoms with Crippen molar-refractivity contribution < 1.29 is 9.53 Å². The Morgan fingerprint density at radius 2 is 2.04 bits per heavy atom. The number of ether oxygens (including phenoxy) is 1. The minimum atomic E-state index is -0.104. The minimum absolute atomic E-state index is 0.104. The van der Waals surface area contributed by atoms with Crippen LogP contribution < -0.4 is 4.74 Å². The summed E-state index contributed by atoms with van der Waals surface area (Å²) in [5.41, 5.74) is 1.78. The number of carbonyl (C=O) groups is 1. The second kappa shape index (κ2) is 6.48. The van der Waals surface area contributed by atoms with Gasteiger partial charge in [0.25, 0.3) is 5.91 Å². The Bertz CT molecular complexity index is 814. The molecule has 1 amide bonds. The van der Waals surface area contributed by atoms with E-state index in [-0.39, 0.29) is 5.91 Å². The summed E-state index contributed by atoms with van der Waals surface area (Å²) in [5, 5.41) is 4.32. The molecule has 0 aliphatic rings. The summed E-state index contributed by atoms with van der Waals surface area (Å²) in [6.45, 7) is 2.73. The average molecular weight is 310 g/mol. The van der Waals surface area contributed by atoms with Crippen molar-refractivity contribution in [2.45, 2.75) is 6.92 Å². The molecule has 118 valence electrons. The van der Waals surface area contributed by atoms with Crippen LogP contribution in [-0.2, 0) is 0 Å². The summed E-state index contributed by atoms with van der Waals surface area (Å²) in [6, 6.07) is 11.3. The standard InChI is InChI=1S/C17H18N4O2/c1-13-15(16-18-9-6-10-21(16)19-13)17(22)20(2)11-12-23-14-7-4-3-5-8-14/h3-10H,11-12H2,1-2H3. The van der Waals surface area contributed by atoms with Crippen molar-refractivity contribution in [3.63, 3.8) is 0 Å². The van der Waals surface area contributed by atoms with Crippen LogP contribution in [0.1, 0.15) is 16.1 Å². The molecule has 0 saturated heterocycles. The number of amides is 1. The highest BCUT2D eigenvalue weighted by Crippen LogP contribution is 2.15. The van der Waals surface area contributed by atoms with Crippen LogP contribution in [0.25, 0.3) is 5.65 Å². The molecule has 2 aromatic heterocycles. The van der Waals surface area contributed by atoms with Crippen LogP contribution in [0.5, 0.6) is 5.75 Å². The summed E-state index contributed by atoms with van der Waals surface area (Å²) in [4.78, 5) is 18.5. The first kappa shape index (κ1) is 15.0. The molecule has 0 unspecified atom stereocenters. The Hall–Kier alpha value is -2.89. The molecular weight excluding hydrogens is 292 g/mol. The third-order valence-corrected chi connectivity index (χ3v) is 3.57. The Morgan fingerprint density at radius 1 is 1.26 bits per heavy atom. The summed E-state index contributed by atoms with van der Waals surface area (Å²) >= 11 is 0. The van der Waals surface area contributed by atoms with E-state index in [1.165, 1.54) is 0 Å². The highest BCUT2D eigenvalue weighted by molar-refractivity contribution is 6.00. The maximum absolute atomic E-state index is 12.7. The van der Waals surface area contributed by atoms with Crippen molar-refractivity contribution in [1.29, 1.82) is 0 Å². The van der Waals surface area contributed by atoms with Gasteiger partial charge in [0.1, 0.15) is 17.9 Å². The second-order valence-corrected chi connectivity index (χ2v) is 5.24. The monoisotopic (exact) mass is 310 g/mol. The van der Waals surface area contributed by atoms with Gasteiger partial charge in [0, 0.05) is 19.4 Å². The van der Waals surface area contributed by atoms with Gasteiger partial charge in [0.15, 0.2) is 5.65 Å². The predicted molar refractivity (Wildman–Crippen MR) is 86.6 cm³/mol. The largest absolute Gasteiger partial charge is 0.492 e. The quantitative estimate of drug-likeness (QED) is 0.725. The van der Waals surface area contributed by atoms with Gasteiger partial charge in [-0.05, 0) is 25.1 Å². The van der Waals surface area contributed by atoms with Gasteiger partial charge in [-0.2, -0.15) is 5.10 Å². The fourth-order valence-electron chi connectivity index (χ4n) is 2.36. The van der Waals surface area contributed by atoms with Crippen LogP contribution in [-0.4, -0.2) is 45.6 Å². The number of aryl methyl sites for hydroxylation is 1. The van der Waals surface area contributed by atoms with Crippen LogP contribution in [0.2, 0.25) is 0 Å². The molecule has 3 aromatic rings. The van der Waals surface area contributed by atoms with Crippen molar-refractivity contribution in [3.8, 4) is 5.75 Å². The number of aromatic nitrogens is 3. The van der Waals surface area contributed by atoms with Crippen LogP contribution in [0.3, 0.4) is 0 Å². The summed E-state index contributed by atoms with van der Waals surface area (Å²) in [5.74, 6) is 0.690. The minimum Gasteiger partial charge on any atom is -0.492 e. The van der Waals surface area contributed by atoms with Crippen molar-refractivity contribution in [1.82, 2.24) is 19.5 Å². The summed E-state index contributed by atoms with van der Waals surface area (Å²) < 4.78 is 7.25. The van der Waals surface area contributed by atoms with Gasteiger partial charge >= 0.3 is 0 Å². The maximum atomic E-state index is 12.7. The molecule has 0 radical (unpaired) electrons. The van der Waals surface area contributed by atoms with Gasteiger partial charge in [-0.15, -0.1) is 0 Å². The van der Waals surface area contributed by atoms with Gasteiger partial charge < -0.3 is 9.64 Å². The molecule has 0 aliphatic heterocycles. The number of benzene rings is 1. The van der Waals surface area contributed by atoms with Crippen molar-refractivity contribution in [3.05, 3.63) is 60.0 Å². The van der Waals surface area contributed by atoms with Crippen molar-refractivity contribution in [2.75, 3.05) is 20.2 Å². The van der Waals surface area contributed by atoms with E-state index in [9.17, 15) is 4.79 Å². The molecule has 6 heteroatoms. The normalized spacial score (nSPS) is 10.7. The highest BCUT2D eigenvalue weighted by Gasteiger charge is 2.21. The lowest BCUT2D eigenvalue weighted by Crippen LogP contribution is -2.31. The lowest BCUT2D eigenvalue weighted by Gasteiger charge is -2.17. The summed E-state index contributed by atoms with van der Waals surface area (Å²) in [6.07, 6.45) is 3.44. The third-order valence-electron chi connectivity index (χ3n) is 3.57. The van der Waals surface area contributed by atoms with E-state index < -0.39 is 0 Å². The lowest BCUT2D eigenvalue weighted by molar-refractivity contribution is 0.0774. The molecule has 3 rings (SSSR count). The van der Waals surface area contributed by atoms with E-state index in [1.54, 1.807) is 34.9 Å². The zero-order chi connectivity index (χ0) is 16.2. The number of fused-ring (bicyclic) bond motifs is 1. The van der Waals surface area contributed by atoms with Gasteiger partial charge in [0.05, 0.1) is 12.2 Å². The number of likely N-dealkylation sites (N-methyl/N-ethyl adjacent to an activating group) is 1. The van der Waals surface area contributed by atoms with Crippen LogP contribution >= 0.6 is 0 Å². The average Bonchev–Trinajstić information content (AvgIpc) is 2.90. The molecule has 0 spiro atoms. The molecule has 0 N–H and O–H groups in total. The molecule has 1 aromatic carbocycles. The Morgan fingerprint density at radius 3 is 2.83 bits per heavy atom. The summed E-state index contributed by atoms with van der Waals surface area (Å²) in [7, 11) is 1.75. The molecule has 6 nitrogen and oxygen atoms in total. The fraction of sp³-hybridized carbons (Fsp3) is 0.235. The van der Waals surface area contributed by atoms with Crippen molar-refractivity contribution in [2.24, 2.45) is 0 Å². The van der Waals surface area contributed by atoms with Gasteiger partial charge in [-0.1, -0.05) is 18.2 Å². The predicted octanol–water partition coefficient (Wildman–Crippen LogP) is 2.19. The number of para-hydroxylation sites is 1. The number of hydrogen-bond donors (Lipinski definition) is 0. The van der Waals surface area contributed by atoms with E-state index in [1.807, 2.05) is 37.3 Å². The Labute approximate surface area is 134 Å². The SMILES string of the molecule is Cc1nn2cccnc2c1C(=O)N(C)CCOc1ccccc1. The van der Waals surface area contributed by atoms with Gasteiger partial charge in [-0.3, -0.25) is 4.79 Å². The maximum Gasteiger partial charge on any atom is 0.259 e. The smallest absolute Gasteiger partial charge is 0.259 e. The molecule has 0 aliphatic carbocycles. The molecule has 2 heterocycles. The number of rotatable bonds is 5. The van der Waals surface area contributed by atoms with Crippen LogP contribution in [0.4, 0.5) is 0 Å². The van der Waals surface area contributed by atoms with Crippen LogP contribution in [0, 0.1) is 6.92 Å². The Kier molecular flexibility index (Phi) is 4.23. The zero-order valence-corrected chi connectivity index (χ0v) is 13.1. The molecular formula is C17H18N4O2. The van der Waals surface area contributed by atoms with Crippen molar-refractivity contribution >= 4 is 11.6 Å². The highest BCUT2D eigenvalue weighted by atomic mass is 16.5. The van der Waals surface area contributed by atoms with E-state index in [0.29, 0.717) is 30.1 Å². The fourth-order valence-corrected chi connectivity index (χ4v) is 2.36. The Balaban J connectivity index is 1.68. The lowest BCUT2D eigenvalue weighted by atomic mass is 10.2. The van der Waals surface area contributed by atoms with E-state index >= 15 is 0 Å². The van der Waals surface area contributed by atoms with E-state index in [0.717, 1.165) is 5.75 Å². The molecule has 0 saturated carbocycles. The molecule has 0 atom stereocenters. The second-order valence-electron chi connectivity index (χ2n) is 5.24. The topological polar surface area (TPSA) is 59.7 Å². The molecule has 0 bridgehead atoms.